The summed E-state index contributed by atoms with van der Waals surface area (Å²) in [5, 5.41) is 4.38. The van der Waals surface area contributed by atoms with Gasteiger partial charge in [0.25, 0.3) is 0 Å². The van der Waals surface area contributed by atoms with Gasteiger partial charge in [-0.15, -0.1) is 0 Å². The molecule has 2 fully saturated rings. The van der Waals surface area contributed by atoms with E-state index in [0.717, 1.165) is 24.0 Å². The van der Waals surface area contributed by atoms with Gasteiger partial charge in [0.15, 0.2) is 0 Å². The predicted octanol–water partition coefficient (Wildman–Crippen LogP) is 3.92. The molecule has 2 nitrogen and oxygen atoms in total. The molecule has 0 heterocycles. The first-order valence-corrected chi connectivity index (χ1v) is 7.75. The third-order valence-corrected chi connectivity index (χ3v) is 4.57. The summed E-state index contributed by atoms with van der Waals surface area (Å²) in [6.07, 6.45) is 7.61. The monoisotopic (exact) mass is 279 g/mol. The molecule has 0 radical (unpaired) electrons. The lowest BCUT2D eigenvalue weighted by atomic mass is 9.77. The number of halogens is 1. The maximum Gasteiger partial charge on any atom is 0.0724 e. The molecule has 0 saturated heterocycles. The largest absolute Gasteiger partial charge is 0.370 e. The Morgan fingerprint density at radius 2 is 1.95 bits per heavy atom. The first-order valence-electron chi connectivity index (χ1n) is 7.38. The molecule has 1 aromatic rings. The minimum Gasteiger partial charge on any atom is -0.370 e. The van der Waals surface area contributed by atoms with Crippen LogP contribution in [-0.4, -0.2) is 18.2 Å². The van der Waals surface area contributed by atoms with Crippen LogP contribution >= 0.6 is 11.6 Å². The molecule has 3 rings (SSSR count). The average Bonchev–Trinajstić information content (AvgIpc) is 3.17. The van der Waals surface area contributed by atoms with E-state index in [2.05, 4.69) is 17.4 Å². The highest BCUT2D eigenvalue weighted by Crippen LogP contribution is 2.39. The van der Waals surface area contributed by atoms with Gasteiger partial charge in [0, 0.05) is 11.1 Å². The topological polar surface area (TPSA) is 21.3 Å². The maximum absolute atomic E-state index is 6.21. The fourth-order valence-corrected chi connectivity index (χ4v) is 2.77. The number of ether oxygens (including phenoxy) is 1. The molecule has 0 unspecified atom stereocenters. The zero-order valence-corrected chi connectivity index (χ0v) is 12.1. The SMILES string of the molecule is Clc1ccc(COC2(CCNC3CC3)CCC2)cc1. The second kappa shape index (κ2) is 5.82. The van der Waals surface area contributed by atoms with Crippen LogP contribution in [0.5, 0.6) is 0 Å². The summed E-state index contributed by atoms with van der Waals surface area (Å²) in [5.74, 6) is 0. The lowest BCUT2D eigenvalue weighted by Gasteiger charge is -2.42. The minimum absolute atomic E-state index is 0.140. The number of nitrogens with one attached hydrogen (secondary N) is 1. The zero-order chi connectivity index (χ0) is 13.1. The number of rotatable bonds is 7. The standard InChI is InChI=1S/C16H22ClNO/c17-14-4-2-13(3-5-14)12-19-16(8-1-9-16)10-11-18-15-6-7-15/h2-5,15,18H,1,6-12H2. The van der Waals surface area contributed by atoms with Crippen LogP contribution in [0.4, 0.5) is 0 Å². The van der Waals surface area contributed by atoms with Crippen LogP contribution in [0.15, 0.2) is 24.3 Å². The van der Waals surface area contributed by atoms with Crippen molar-refractivity contribution >= 4 is 11.6 Å². The van der Waals surface area contributed by atoms with E-state index in [0.29, 0.717) is 6.61 Å². The quantitative estimate of drug-likeness (QED) is 0.817. The van der Waals surface area contributed by atoms with Gasteiger partial charge in [0.1, 0.15) is 0 Å². The Labute approximate surface area is 120 Å². The predicted molar refractivity (Wildman–Crippen MR) is 78.5 cm³/mol. The molecule has 3 heteroatoms. The van der Waals surface area contributed by atoms with Crippen molar-refractivity contribution in [3.63, 3.8) is 0 Å². The Morgan fingerprint density at radius 3 is 2.53 bits per heavy atom. The highest BCUT2D eigenvalue weighted by Gasteiger charge is 2.37. The fourth-order valence-electron chi connectivity index (χ4n) is 2.65. The van der Waals surface area contributed by atoms with E-state index in [4.69, 9.17) is 16.3 Å². The lowest BCUT2D eigenvalue weighted by Crippen LogP contribution is -2.42. The van der Waals surface area contributed by atoms with Gasteiger partial charge in [-0.2, -0.15) is 0 Å². The van der Waals surface area contributed by atoms with Crippen molar-refractivity contribution in [2.75, 3.05) is 6.54 Å². The Hall–Kier alpha value is -0.570. The highest BCUT2D eigenvalue weighted by atomic mass is 35.5. The van der Waals surface area contributed by atoms with Gasteiger partial charge in [-0.25, -0.2) is 0 Å². The summed E-state index contributed by atoms with van der Waals surface area (Å²) in [7, 11) is 0. The van der Waals surface area contributed by atoms with Gasteiger partial charge < -0.3 is 10.1 Å². The van der Waals surface area contributed by atoms with E-state index < -0.39 is 0 Å². The van der Waals surface area contributed by atoms with Crippen LogP contribution in [0, 0.1) is 0 Å². The summed E-state index contributed by atoms with van der Waals surface area (Å²) in [4.78, 5) is 0. The molecule has 1 aromatic carbocycles. The Balaban J connectivity index is 1.46. The number of hydrogen-bond acceptors (Lipinski definition) is 2. The summed E-state index contributed by atoms with van der Waals surface area (Å²) in [5.41, 5.74) is 1.35. The molecule has 0 bridgehead atoms. The van der Waals surface area contributed by atoms with Gasteiger partial charge in [0.2, 0.25) is 0 Å². The third kappa shape index (κ3) is 3.71. The van der Waals surface area contributed by atoms with Crippen molar-refractivity contribution in [3.05, 3.63) is 34.9 Å². The van der Waals surface area contributed by atoms with Gasteiger partial charge in [-0.1, -0.05) is 23.7 Å². The van der Waals surface area contributed by atoms with Gasteiger partial charge >= 0.3 is 0 Å². The number of benzene rings is 1. The van der Waals surface area contributed by atoms with E-state index in [9.17, 15) is 0 Å². The molecule has 2 saturated carbocycles. The van der Waals surface area contributed by atoms with Crippen molar-refractivity contribution in [1.82, 2.24) is 5.32 Å². The number of hydrogen-bond donors (Lipinski definition) is 1. The van der Waals surface area contributed by atoms with Crippen LogP contribution in [0.25, 0.3) is 0 Å². The van der Waals surface area contributed by atoms with Crippen molar-refractivity contribution in [3.8, 4) is 0 Å². The summed E-state index contributed by atoms with van der Waals surface area (Å²) in [6, 6.07) is 8.77. The van der Waals surface area contributed by atoms with Crippen LogP contribution in [0.1, 0.15) is 44.1 Å². The molecular formula is C16H22ClNO. The molecule has 0 aliphatic heterocycles. The molecule has 1 N–H and O–H groups in total. The molecule has 2 aliphatic carbocycles. The highest BCUT2D eigenvalue weighted by molar-refractivity contribution is 6.30. The van der Waals surface area contributed by atoms with Gasteiger partial charge in [-0.3, -0.25) is 0 Å². The normalized spacial score (nSPS) is 21.1. The third-order valence-electron chi connectivity index (χ3n) is 4.31. The smallest absolute Gasteiger partial charge is 0.0724 e. The fraction of sp³-hybridized carbons (Fsp3) is 0.625. The van der Waals surface area contributed by atoms with E-state index in [1.54, 1.807) is 0 Å². The first-order chi connectivity index (χ1) is 9.26. The van der Waals surface area contributed by atoms with E-state index in [1.807, 2.05) is 12.1 Å². The molecule has 0 spiro atoms. The van der Waals surface area contributed by atoms with E-state index >= 15 is 0 Å². The zero-order valence-electron chi connectivity index (χ0n) is 11.3. The molecule has 0 amide bonds. The molecular weight excluding hydrogens is 258 g/mol. The summed E-state index contributed by atoms with van der Waals surface area (Å²) < 4.78 is 6.21. The Kier molecular flexibility index (Phi) is 4.11. The van der Waals surface area contributed by atoms with E-state index in [-0.39, 0.29) is 5.60 Å². The average molecular weight is 280 g/mol. The molecule has 104 valence electrons. The molecule has 2 aliphatic rings. The Bertz CT molecular complexity index is 409. The minimum atomic E-state index is 0.140. The Morgan fingerprint density at radius 1 is 1.21 bits per heavy atom. The molecule has 19 heavy (non-hydrogen) atoms. The van der Waals surface area contributed by atoms with Crippen molar-refractivity contribution in [2.45, 2.75) is 56.8 Å². The maximum atomic E-state index is 6.21. The van der Waals surface area contributed by atoms with E-state index in [1.165, 1.54) is 37.7 Å². The van der Waals surface area contributed by atoms with Crippen molar-refractivity contribution in [2.24, 2.45) is 0 Å². The molecule has 0 atom stereocenters. The van der Waals surface area contributed by atoms with Crippen molar-refractivity contribution in [1.29, 1.82) is 0 Å². The molecule has 0 aromatic heterocycles. The second-order valence-corrected chi connectivity index (χ2v) is 6.37. The summed E-state index contributed by atoms with van der Waals surface area (Å²) >= 11 is 5.90. The van der Waals surface area contributed by atoms with Gasteiger partial charge in [0.05, 0.1) is 12.2 Å². The summed E-state index contributed by atoms with van der Waals surface area (Å²) in [6.45, 7) is 1.81. The van der Waals surface area contributed by atoms with Crippen LogP contribution in [0.2, 0.25) is 5.02 Å². The van der Waals surface area contributed by atoms with Gasteiger partial charge in [-0.05, 0) is 62.8 Å². The van der Waals surface area contributed by atoms with Crippen LogP contribution in [0.3, 0.4) is 0 Å². The van der Waals surface area contributed by atoms with Crippen LogP contribution < -0.4 is 5.32 Å². The second-order valence-electron chi connectivity index (χ2n) is 5.93. The van der Waals surface area contributed by atoms with Crippen LogP contribution in [-0.2, 0) is 11.3 Å². The van der Waals surface area contributed by atoms with Crippen molar-refractivity contribution < 1.29 is 4.74 Å². The lowest BCUT2D eigenvalue weighted by molar-refractivity contribution is -0.114. The first kappa shape index (κ1) is 13.4.